The first-order valence-corrected chi connectivity index (χ1v) is 20.7. The lowest BCUT2D eigenvalue weighted by Crippen LogP contribution is -2.56. The first-order valence-electron chi connectivity index (χ1n) is 17.0. The van der Waals surface area contributed by atoms with Gasteiger partial charge in [0, 0.05) is 23.9 Å². The van der Waals surface area contributed by atoms with Crippen LogP contribution in [0.15, 0.2) is 91.0 Å². The van der Waals surface area contributed by atoms with Crippen LogP contribution in [0.2, 0.25) is 0 Å². The molecule has 0 bridgehead atoms. The summed E-state index contributed by atoms with van der Waals surface area (Å²) in [5.41, 5.74) is 15.7. The van der Waals surface area contributed by atoms with Crippen molar-refractivity contribution in [3.05, 3.63) is 108 Å². The van der Waals surface area contributed by atoms with Crippen LogP contribution in [0.25, 0.3) is 0 Å². The van der Waals surface area contributed by atoms with Crippen LogP contribution >= 0.6 is 67.8 Å². The molecule has 1 aliphatic carbocycles. The SMILES string of the molecule is CC(N)C(N)C(C(=O)OCc1ccccc1)C(C(=O)OCc1ccccc1)C(C(=O)OCc1ccccc1)C(I)C(I)C(I)CC1(C)CCC1. The smallest absolute Gasteiger partial charge is 0.311 e. The van der Waals surface area contributed by atoms with Gasteiger partial charge in [0.2, 0.25) is 0 Å². The van der Waals surface area contributed by atoms with Crippen LogP contribution in [0.3, 0.4) is 0 Å². The lowest BCUT2D eigenvalue weighted by molar-refractivity contribution is -0.171. The van der Waals surface area contributed by atoms with Crippen molar-refractivity contribution in [3.8, 4) is 0 Å². The Morgan fingerprint density at radius 2 is 1.02 bits per heavy atom. The summed E-state index contributed by atoms with van der Waals surface area (Å²) < 4.78 is 17.4. The number of esters is 3. The van der Waals surface area contributed by atoms with Crippen molar-refractivity contribution in [1.82, 2.24) is 0 Å². The molecule has 3 aromatic rings. The van der Waals surface area contributed by atoms with E-state index in [0.717, 1.165) is 36.0 Å². The highest BCUT2D eigenvalue weighted by Gasteiger charge is 2.53. The molecule has 270 valence electrons. The molecule has 0 heterocycles. The van der Waals surface area contributed by atoms with E-state index in [1.165, 1.54) is 6.42 Å². The molecular weight excluding hydrogens is 973 g/mol. The molecule has 0 aliphatic heterocycles. The summed E-state index contributed by atoms with van der Waals surface area (Å²) in [6.07, 6.45) is 4.51. The predicted octanol–water partition coefficient (Wildman–Crippen LogP) is 7.73. The second-order valence-electron chi connectivity index (χ2n) is 13.6. The van der Waals surface area contributed by atoms with Crippen LogP contribution in [0.5, 0.6) is 0 Å². The van der Waals surface area contributed by atoms with Gasteiger partial charge in [-0.3, -0.25) is 14.4 Å². The molecule has 0 spiro atoms. The molecule has 1 saturated carbocycles. The average molecular weight is 1020 g/mol. The third-order valence-electron chi connectivity index (χ3n) is 9.53. The van der Waals surface area contributed by atoms with Crippen LogP contribution in [-0.2, 0) is 48.4 Å². The van der Waals surface area contributed by atoms with Crippen LogP contribution in [0, 0.1) is 23.2 Å². The Hall–Kier alpha value is -1.82. The highest BCUT2D eigenvalue weighted by Crippen LogP contribution is 2.48. The number of hydrogen-bond donors (Lipinski definition) is 2. The normalized spacial score (nSPS) is 18.5. The predicted molar refractivity (Wildman–Crippen MR) is 221 cm³/mol. The van der Waals surface area contributed by atoms with Gasteiger partial charge >= 0.3 is 17.9 Å². The third kappa shape index (κ3) is 11.6. The quantitative estimate of drug-likeness (QED) is 0.0574. The second kappa shape index (κ2) is 19.9. The molecule has 8 unspecified atom stereocenters. The second-order valence-corrected chi connectivity index (χ2v) is 18.0. The Bertz CT molecular complexity index is 1510. The number of carbonyl (C=O) groups excluding carboxylic acids is 3. The molecule has 1 aliphatic rings. The van der Waals surface area contributed by atoms with Gasteiger partial charge in [-0.1, -0.05) is 172 Å². The Morgan fingerprint density at radius 3 is 1.38 bits per heavy atom. The zero-order valence-electron chi connectivity index (χ0n) is 28.5. The van der Waals surface area contributed by atoms with E-state index in [4.69, 9.17) is 25.7 Å². The molecule has 0 amide bonds. The largest absolute Gasteiger partial charge is 0.461 e. The van der Waals surface area contributed by atoms with Crippen molar-refractivity contribution < 1.29 is 28.6 Å². The minimum atomic E-state index is -1.34. The molecule has 0 saturated heterocycles. The Labute approximate surface area is 336 Å². The van der Waals surface area contributed by atoms with Crippen molar-refractivity contribution in [2.24, 2.45) is 34.6 Å². The average Bonchev–Trinajstić information content (AvgIpc) is 3.11. The van der Waals surface area contributed by atoms with E-state index in [2.05, 4.69) is 74.7 Å². The number of benzene rings is 3. The molecular formula is C39H47I3N2O6. The van der Waals surface area contributed by atoms with Crippen LogP contribution < -0.4 is 11.5 Å². The van der Waals surface area contributed by atoms with Gasteiger partial charge in [0.25, 0.3) is 0 Å². The highest BCUT2D eigenvalue weighted by atomic mass is 127. The Balaban J connectivity index is 1.75. The van der Waals surface area contributed by atoms with E-state index in [0.29, 0.717) is 0 Å². The van der Waals surface area contributed by atoms with Gasteiger partial charge < -0.3 is 25.7 Å². The number of nitrogens with two attached hydrogens (primary N) is 2. The van der Waals surface area contributed by atoms with Gasteiger partial charge in [-0.05, 0) is 48.3 Å². The molecule has 3 aromatic carbocycles. The van der Waals surface area contributed by atoms with E-state index >= 15 is 0 Å². The minimum Gasteiger partial charge on any atom is -0.461 e. The number of hydrogen-bond acceptors (Lipinski definition) is 8. The van der Waals surface area contributed by atoms with Crippen molar-refractivity contribution in [1.29, 1.82) is 0 Å². The number of halogens is 3. The topological polar surface area (TPSA) is 131 Å². The first kappa shape index (κ1) is 40.9. The number of alkyl halides is 3. The van der Waals surface area contributed by atoms with E-state index in [9.17, 15) is 14.4 Å². The molecule has 0 aromatic heterocycles. The summed E-state index contributed by atoms with van der Waals surface area (Å²) in [5.74, 6) is -5.79. The minimum absolute atomic E-state index is 0.00539. The van der Waals surface area contributed by atoms with Crippen molar-refractivity contribution in [2.45, 2.75) is 83.2 Å². The van der Waals surface area contributed by atoms with Crippen molar-refractivity contribution >= 4 is 85.7 Å². The van der Waals surface area contributed by atoms with E-state index in [-0.39, 0.29) is 33.1 Å². The van der Waals surface area contributed by atoms with Crippen molar-refractivity contribution in [3.63, 3.8) is 0 Å². The maximum absolute atomic E-state index is 14.5. The van der Waals surface area contributed by atoms with E-state index in [1.54, 1.807) is 6.92 Å². The summed E-state index contributed by atoms with van der Waals surface area (Å²) in [6.45, 7) is 3.91. The van der Waals surface area contributed by atoms with Gasteiger partial charge in [0.1, 0.15) is 19.8 Å². The standard InChI is InChI=1S/C39H47I3N2O6/c1-25(43)35(44)32(38(47)50-24-28-17-10-5-11-18-28)30(36(45)48-22-26-13-6-3-7-14-26)31(37(46)49-23-27-15-8-4-9-16-27)34(42)33(41)29(40)21-39(2)19-12-20-39/h3-11,13-18,25,29-35H,12,19-24,43-44H2,1-2H3. The molecule has 1 fully saturated rings. The van der Waals surface area contributed by atoms with Crippen LogP contribution in [0.4, 0.5) is 0 Å². The molecule has 8 nitrogen and oxygen atoms in total. The Kier molecular flexibility index (Phi) is 16.3. The maximum atomic E-state index is 14.5. The molecule has 4 rings (SSSR count). The molecule has 4 N–H and O–H groups in total. The number of carbonyl (C=O) groups is 3. The van der Waals surface area contributed by atoms with Crippen LogP contribution in [-0.4, -0.2) is 41.8 Å². The van der Waals surface area contributed by atoms with Gasteiger partial charge in [-0.25, -0.2) is 0 Å². The number of rotatable bonds is 18. The Morgan fingerprint density at radius 1 is 0.640 bits per heavy atom. The first-order chi connectivity index (χ1) is 23.9. The lowest BCUT2D eigenvalue weighted by Gasteiger charge is -2.42. The summed E-state index contributed by atoms with van der Waals surface area (Å²) in [7, 11) is 0. The van der Waals surface area contributed by atoms with E-state index < -0.39 is 51.7 Å². The monoisotopic (exact) mass is 1020 g/mol. The summed E-state index contributed by atoms with van der Waals surface area (Å²) in [4.78, 5) is 43.2. The summed E-state index contributed by atoms with van der Waals surface area (Å²) in [5, 5.41) is 0. The molecule has 8 atom stereocenters. The molecule has 0 radical (unpaired) electrons. The number of ether oxygens (including phenoxy) is 3. The van der Waals surface area contributed by atoms with Gasteiger partial charge in [-0.2, -0.15) is 0 Å². The zero-order chi connectivity index (χ0) is 36.3. The van der Waals surface area contributed by atoms with Crippen molar-refractivity contribution in [2.75, 3.05) is 0 Å². The lowest BCUT2D eigenvalue weighted by atomic mass is 9.67. The van der Waals surface area contributed by atoms with E-state index in [1.807, 2.05) is 91.0 Å². The summed E-state index contributed by atoms with van der Waals surface area (Å²) in [6, 6.07) is 26.1. The maximum Gasteiger partial charge on any atom is 0.311 e. The fourth-order valence-electron chi connectivity index (χ4n) is 6.30. The fraction of sp³-hybridized carbons (Fsp3) is 0.462. The fourth-order valence-corrected chi connectivity index (χ4v) is 10.6. The van der Waals surface area contributed by atoms with Gasteiger partial charge in [-0.15, -0.1) is 0 Å². The van der Waals surface area contributed by atoms with Gasteiger partial charge in [0.05, 0.1) is 17.8 Å². The van der Waals surface area contributed by atoms with Gasteiger partial charge in [0.15, 0.2) is 0 Å². The highest BCUT2D eigenvalue weighted by molar-refractivity contribution is 14.1. The zero-order valence-corrected chi connectivity index (χ0v) is 34.9. The van der Waals surface area contributed by atoms with Crippen LogP contribution in [0.1, 0.15) is 56.2 Å². The molecule has 50 heavy (non-hydrogen) atoms. The third-order valence-corrected chi connectivity index (χ3v) is 16.7. The molecule has 11 heteroatoms. The summed E-state index contributed by atoms with van der Waals surface area (Å²) >= 11 is 7.14.